The summed E-state index contributed by atoms with van der Waals surface area (Å²) >= 11 is 0. The van der Waals surface area contributed by atoms with Crippen LogP contribution in [0.1, 0.15) is 52.3 Å². The first-order valence-corrected chi connectivity index (χ1v) is 7.94. The van der Waals surface area contributed by atoms with Crippen LogP contribution in [0.4, 0.5) is 0 Å². The molecule has 114 valence electrons. The maximum absolute atomic E-state index is 5.85. The Morgan fingerprint density at radius 2 is 2.35 bits per heavy atom. The molecule has 2 rings (SSSR count). The number of nitrogens with one attached hydrogen (secondary N) is 1. The van der Waals surface area contributed by atoms with Crippen LogP contribution in [0.15, 0.2) is 12.3 Å². The Morgan fingerprint density at radius 1 is 1.55 bits per heavy atom. The maximum Gasteiger partial charge on any atom is 0.0631 e. The summed E-state index contributed by atoms with van der Waals surface area (Å²) in [6.45, 7) is 11.7. The van der Waals surface area contributed by atoms with Gasteiger partial charge in [0.15, 0.2) is 0 Å². The van der Waals surface area contributed by atoms with Crippen LogP contribution in [0.2, 0.25) is 0 Å². The summed E-state index contributed by atoms with van der Waals surface area (Å²) in [5, 5.41) is 8.30. The van der Waals surface area contributed by atoms with Gasteiger partial charge in [0.2, 0.25) is 0 Å². The van der Waals surface area contributed by atoms with E-state index >= 15 is 0 Å². The van der Waals surface area contributed by atoms with E-state index in [1.807, 2.05) is 4.68 Å². The van der Waals surface area contributed by atoms with Crippen molar-refractivity contribution in [1.29, 1.82) is 0 Å². The third-order valence-corrected chi connectivity index (χ3v) is 4.46. The van der Waals surface area contributed by atoms with Crippen molar-refractivity contribution in [2.75, 3.05) is 19.7 Å². The molecular formula is C16H29N3O. The van der Waals surface area contributed by atoms with Gasteiger partial charge in [-0.15, -0.1) is 0 Å². The lowest BCUT2D eigenvalue weighted by molar-refractivity contribution is 0.0625. The largest absolute Gasteiger partial charge is 0.378 e. The number of hydrogen-bond acceptors (Lipinski definition) is 3. The molecule has 0 spiro atoms. The molecule has 2 heterocycles. The van der Waals surface area contributed by atoms with Gasteiger partial charge in [-0.3, -0.25) is 4.68 Å². The number of nitrogens with zero attached hydrogens (tertiary/aromatic N) is 2. The fourth-order valence-electron chi connectivity index (χ4n) is 2.98. The smallest absolute Gasteiger partial charge is 0.0631 e. The van der Waals surface area contributed by atoms with Crippen molar-refractivity contribution in [2.45, 2.75) is 59.1 Å². The molecule has 4 heteroatoms. The Balaban J connectivity index is 2.06. The minimum absolute atomic E-state index is 0.200. The van der Waals surface area contributed by atoms with Crippen LogP contribution in [0.5, 0.6) is 0 Å². The van der Waals surface area contributed by atoms with Gasteiger partial charge in [-0.2, -0.15) is 5.10 Å². The van der Waals surface area contributed by atoms with E-state index in [1.165, 1.54) is 12.1 Å². The maximum atomic E-state index is 5.85. The van der Waals surface area contributed by atoms with E-state index in [4.69, 9.17) is 9.84 Å². The predicted molar refractivity (Wildman–Crippen MR) is 81.9 cm³/mol. The lowest BCUT2D eigenvalue weighted by Gasteiger charge is -2.32. The summed E-state index contributed by atoms with van der Waals surface area (Å²) in [6.07, 6.45) is 5.70. The molecule has 4 nitrogen and oxygen atoms in total. The second-order valence-electron chi connectivity index (χ2n) is 6.36. The Hall–Kier alpha value is -0.870. The molecule has 0 bridgehead atoms. The minimum Gasteiger partial charge on any atom is -0.378 e. The van der Waals surface area contributed by atoms with Crippen molar-refractivity contribution < 1.29 is 4.74 Å². The fraction of sp³-hybridized carbons (Fsp3) is 0.812. The van der Waals surface area contributed by atoms with E-state index < -0.39 is 0 Å². The zero-order valence-electron chi connectivity index (χ0n) is 13.4. The number of aromatic nitrogens is 2. The van der Waals surface area contributed by atoms with Gasteiger partial charge in [-0.25, -0.2) is 0 Å². The standard InChI is InChI=1S/C16H29N3O/c1-5-8-17-12-16(7-10-20-14(16)4)11-15-6-9-19(18-15)13(2)3/h6,9,13-14,17H,5,7-8,10-12H2,1-4H3. The van der Waals surface area contributed by atoms with Gasteiger partial charge in [0.05, 0.1) is 11.8 Å². The molecule has 0 aromatic carbocycles. The lowest BCUT2D eigenvalue weighted by Crippen LogP contribution is -2.41. The highest BCUT2D eigenvalue weighted by Gasteiger charge is 2.41. The zero-order chi connectivity index (χ0) is 14.6. The molecule has 20 heavy (non-hydrogen) atoms. The van der Waals surface area contributed by atoms with E-state index in [9.17, 15) is 0 Å². The van der Waals surface area contributed by atoms with Crippen LogP contribution in [-0.4, -0.2) is 35.6 Å². The summed E-state index contributed by atoms with van der Waals surface area (Å²) in [5.41, 5.74) is 1.39. The third-order valence-electron chi connectivity index (χ3n) is 4.46. The zero-order valence-corrected chi connectivity index (χ0v) is 13.4. The molecule has 1 aliphatic rings. The Labute approximate surface area is 122 Å². The van der Waals surface area contributed by atoms with Crippen LogP contribution in [0.25, 0.3) is 0 Å². The van der Waals surface area contributed by atoms with Crippen LogP contribution < -0.4 is 5.32 Å². The molecule has 0 aliphatic carbocycles. The van der Waals surface area contributed by atoms with Crippen LogP contribution in [0, 0.1) is 5.41 Å². The van der Waals surface area contributed by atoms with Gasteiger partial charge in [0, 0.05) is 37.2 Å². The molecule has 2 atom stereocenters. The molecule has 1 aromatic rings. The van der Waals surface area contributed by atoms with Gasteiger partial charge in [-0.05, 0) is 46.2 Å². The van der Waals surface area contributed by atoms with Gasteiger partial charge in [0.25, 0.3) is 0 Å². The Morgan fingerprint density at radius 3 is 2.90 bits per heavy atom. The van der Waals surface area contributed by atoms with Crippen molar-refractivity contribution in [3.05, 3.63) is 18.0 Å². The predicted octanol–water partition coefficient (Wildman–Crippen LogP) is 2.80. The van der Waals surface area contributed by atoms with Crippen LogP contribution >= 0.6 is 0 Å². The second-order valence-corrected chi connectivity index (χ2v) is 6.36. The molecule has 0 radical (unpaired) electrons. The molecule has 1 aliphatic heterocycles. The van der Waals surface area contributed by atoms with Crippen LogP contribution in [-0.2, 0) is 11.2 Å². The Bertz CT molecular complexity index is 416. The van der Waals surface area contributed by atoms with E-state index in [0.29, 0.717) is 12.1 Å². The van der Waals surface area contributed by atoms with Crippen molar-refractivity contribution in [2.24, 2.45) is 5.41 Å². The monoisotopic (exact) mass is 279 g/mol. The highest BCUT2D eigenvalue weighted by Crippen LogP contribution is 2.37. The highest BCUT2D eigenvalue weighted by atomic mass is 16.5. The Kier molecular flexibility index (Phi) is 5.22. The normalized spacial score (nSPS) is 26.6. The molecule has 0 amide bonds. The highest BCUT2D eigenvalue weighted by molar-refractivity contribution is 5.07. The number of ether oxygens (including phenoxy) is 1. The van der Waals surface area contributed by atoms with Crippen molar-refractivity contribution in [3.8, 4) is 0 Å². The molecule has 0 saturated carbocycles. The van der Waals surface area contributed by atoms with E-state index in [-0.39, 0.29) is 5.41 Å². The lowest BCUT2D eigenvalue weighted by atomic mass is 9.77. The summed E-state index contributed by atoms with van der Waals surface area (Å²) < 4.78 is 7.90. The molecule has 1 saturated heterocycles. The molecule has 2 unspecified atom stereocenters. The fourth-order valence-corrected chi connectivity index (χ4v) is 2.98. The molecule has 1 fully saturated rings. The second kappa shape index (κ2) is 6.72. The van der Waals surface area contributed by atoms with Crippen molar-refractivity contribution in [1.82, 2.24) is 15.1 Å². The molecule has 1 aromatic heterocycles. The van der Waals surface area contributed by atoms with Crippen molar-refractivity contribution in [3.63, 3.8) is 0 Å². The van der Waals surface area contributed by atoms with E-state index in [0.717, 1.165) is 32.5 Å². The van der Waals surface area contributed by atoms with Crippen LogP contribution in [0.3, 0.4) is 0 Å². The molecule has 1 N–H and O–H groups in total. The van der Waals surface area contributed by atoms with Gasteiger partial charge >= 0.3 is 0 Å². The van der Waals surface area contributed by atoms with E-state index in [2.05, 4.69) is 45.3 Å². The SMILES string of the molecule is CCCNCC1(Cc2ccn(C(C)C)n2)CCOC1C. The van der Waals surface area contributed by atoms with Gasteiger partial charge in [-0.1, -0.05) is 6.92 Å². The summed E-state index contributed by atoms with van der Waals surface area (Å²) in [6, 6.07) is 2.59. The van der Waals surface area contributed by atoms with E-state index in [1.54, 1.807) is 0 Å². The quantitative estimate of drug-likeness (QED) is 0.780. The first kappa shape index (κ1) is 15.5. The first-order valence-electron chi connectivity index (χ1n) is 7.94. The van der Waals surface area contributed by atoms with Gasteiger partial charge in [0.1, 0.15) is 0 Å². The topological polar surface area (TPSA) is 39.1 Å². The average Bonchev–Trinajstić information content (AvgIpc) is 2.99. The number of hydrogen-bond donors (Lipinski definition) is 1. The number of rotatable bonds is 7. The summed E-state index contributed by atoms with van der Waals surface area (Å²) in [4.78, 5) is 0. The summed E-state index contributed by atoms with van der Waals surface area (Å²) in [5.74, 6) is 0. The summed E-state index contributed by atoms with van der Waals surface area (Å²) in [7, 11) is 0. The van der Waals surface area contributed by atoms with Crippen molar-refractivity contribution >= 4 is 0 Å². The van der Waals surface area contributed by atoms with Gasteiger partial charge < -0.3 is 10.1 Å². The minimum atomic E-state index is 0.200. The third kappa shape index (κ3) is 3.41. The molecular weight excluding hydrogens is 250 g/mol. The average molecular weight is 279 g/mol. The first-order chi connectivity index (χ1) is 9.57.